The fraction of sp³-hybridized carbons (Fsp3) is 0.588. The van der Waals surface area contributed by atoms with Gasteiger partial charge in [-0.3, -0.25) is 4.99 Å². The molecule has 1 fully saturated rings. The van der Waals surface area contributed by atoms with Crippen molar-refractivity contribution in [3.63, 3.8) is 0 Å². The first-order chi connectivity index (χ1) is 10.8. The van der Waals surface area contributed by atoms with Crippen molar-refractivity contribution >= 4 is 5.96 Å². The lowest BCUT2D eigenvalue weighted by atomic mass is 10.2. The number of nitrogens with zero attached hydrogens (tertiary/aromatic N) is 1. The maximum absolute atomic E-state index is 5.72. The van der Waals surface area contributed by atoms with E-state index in [1.165, 1.54) is 5.56 Å². The molecule has 0 aromatic heterocycles. The predicted molar refractivity (Wildman–Crippen MR) is 89.6 cm³/mol. The predicted octanol–water partition coefficient (Wildman–Crippen LogP) is 2.11. The number of guanidine groups is 1. The molecule has 122 valence electrons. The van der Waals surface area contributed by atoms with Crippen LogP contribution in [0.3, 0.4) is 0 Å². The zero-order valence-electron chi connectivity index (χ0n) is 13.6. The van der Waals surface area contributed by atoms with Gasteiger partial charge >= 0.3 is 0 Å². The van der Waals surface area contributed by atoms with Gasteiger partial charge in [0.15, 0.2) is 5.96 Å². The highest BCUT2D eigenvalue weighted by atomic mass is 16.5. The van der Waals surface area contributed by atoms with Gasteiger partial charge in [0.1, 0.15) is 12.4 Å². The van der Waals surface area contributed by atoms with Crippen LogP contribution in [0.25, 0.3) is 0 Å². The van der Waals surface area contributed by atoms with E-state index in [4.69, 9.17) is 9.47 Å². The van der Waals surface area contributed by atoms with Crippen LogP contribution in [0.15, 0.2) is 29.3 Å². The summed E-state index contributed by atoms with van der Waals surface area (Å²) in [5.41, 5.74) is 1.21. The van der Waals surface area contributed by atoms with Crippen LogP contribution in [0.5, 0.6) is 5.75 Å². The van der Waals surface area contributed by atoms with Gasteiger partial charge in [-0.25, -0.2) is 0 Å². The normalized spacial score (nSPS) is 18.3. The van der Waals surface area contributed by atoms with Crippen molar-refractivity contribution in [2.24, 2.45) is 4.99 Å². The molecule has 2 rings (SSSR count). The minimum absolute atomic E-state index is 0.277. The van der Waals surface area contributed by atoms with Gasteiger partial charge in [0.2, 0.25) is 0 Å². The molecule has 0 bridgehead atoms. The molecule has 5 nitrogen and oxygen atoms in total. The molecular weight excluding hydrogens is 278 g/mol. The summed E-state index contributed by atoms with van der Waals surface area (Å²) in [5, 5.41) is 6.53. The summed E-state index contributed by atoms with van der Waals surface area (Å²) in [6.45, 7) is 7.87. The van der Waals surface area contributed by atoms with Crippen molar-refractivity contribution in [3.8, 4) is 5.75 Å². The maximum atomic E-state index is 5.72. The maximum Gasteiger partial charge on any atom is 0.191 e. The van der Waals surface area contributed by atoms with Crippen molar-refractivity contribution < 1.29 is 9.47 Å². The smallest absolute Gasteiger partial charge is 0.191 e. The van der Waals surface area contributed by atoms with Gasteiger partial charge < -0.3 is 20.1 Å². The summed E-state index contributed by atoms with van der Waals surface area (Å²) in [6, 6.07) is 8.08. The number of aryl methyl sites for hydroxylation is 1. The van der Waals surface area contributed by atoms with Crippen molar-refractivity contribution in [3.05, 3.63) is 29.8 Å². The Labute approximate surface area is 133 Å². The van der Waals surface area contributed by atoms with Crippen molar-refractivity contribution in [1.29, 1.82) is 0 Å². The second-order valence-electron chi connectivity index (χ2n) is 5.45. The van der Waals surface area contributed by atoms with Crippen molar-refractivity contribution in [2.45, 2.75) is 32.8 Å². The summed E-state index contributed by atoms with van der Waals surface area (Å²) in [7, 11) is 0. The molecule has 0 amide bonds. The summed E-state index contributed by atoms with van der Waals surface area (Å²) in [6.07, 6.45) is 2.53. The Morgan fingerprint density at radius 2 is 2.32 bits per heavy atom. The molecule has 0 aliphatic carbocycles. The Kier molecular flexibility index (Phi) is 7.03. The molecular formula is C17H27N3O2. The van der Waals surface area contributed by atoms with E-state index in [2.05, 4.69) is 35.5 Å². The third-order valence-electron chi connectivity index (χ3n) is 3.47. The number of benzene rings is 1. The van der Waals surface area contributed by atoms with Gasteiger partial charge in [-0.15, -0.1) is 0 Å². The quantitative estimate of drug-likeness (QED) is 0.460. The van der Waals surface area contributed by atoms with E-state index in [0.717, 1.165) is 37.7 Å². The number of nitrogens with one attached hydrogen (secondary N) is 2. The first-order valence-corrected chi connectivity index (χ1v) is 8.11. The number of hydrogen-bond donors (Lipinski definition) is 2. The fourth-order valence-electron chi connectivity index (χ4n) is 2.37. The number of ether oxygens (including phenoxy) is 2. The lowest BCUT2D eigenvalue weighted by molar-refractivity contribution is 0.117. The highest BCUT2D eigenvalue weighted by molar-refractivity contribution is 5.79. The monoisotopic (exact) mass is 305 g/mol. The molecule has 0 saturated carbocycles. The van der Waals surface area contributed by atoms with Gasteiger partial charge in [0.05, 0.1) is 19.2 Å². The van der Waals surface area contributed by atoms with Gasteiger partial charge in [-0.2, -0.15) is 0 Å². The number of aliphatic imine (C=N–C) groups is 1. The average molecular weight is 305 g/mol. The lowest BCUT2D eigenvalue weighted by Gasteiger charge is -2.13. The van der Waals surface area contributed by atoms with Gasteiger partial charge in [-0.1, -0.05) is 12.1 Å². The molecule has 0 radical (unpaired) electrons. The molecule has 1 aliphatic rings. The Balaban J connectivity index is 1.70. The molecule has 2 N–H and O–H groups in total. The van der Waals surface area contributed by atoms with E-state index in [1.807, 2.05) is 18.2 Å². The molecule has 1 aliphatic heterocycles. The summed E-state index contributed by atoms with van der Waals surface area (Å²) >= 11 is 0. The van der Waals surface area contributed by atoms with Gasteiger partial charge in [0.25, 0.3) is 0 Å². The van der Waals surface area contributed by atoms with Crippen molar-refractivity contribution in [2.75, 3.05) is 32.8 Å². The van der Waals surface area contributed by atoms with Gasteiger partial charge in [0, 0.05) is 13.2 Å². The molecule has 1 aromatic carbocycles. The van der Waals surface area contributed by atoms with Crippen LogP contribution in [-0.4, -0.2) is 44.9 Å². The van der Waals surface area contributed by atoms with E-state index >= 15 is 0 Å². The third kappa shape index (κ3) is 5.93. The molecule has 1 unspecified atom stereocenters. The topological polar surface area (TPSA) is 54.9 Å². The van der Waals surface area contributed by atoms with E-state index in [9.17, 15) is 0 Å². The minimum atomic E-state index is 0.277. The van der Waals surface area contributed by atoms with Crippen LogP contribution in [0.2, 0.25) is 0 Å². The number of rotatable bonds is 7. The van der Waals surface area contributed by atoms with E-state index in [0.29, 0.717) is 19.7 Å². The Morgan fingerprint density at radius 1 is 1.41 bits per heavy atom. The highest BCUT2D eigenvalue weighted by Gasteiger charge is 2.14. The van der Waals surface area contributed by atoms with Crippen LogP contribution >= 0.6 is 0 Å². The Hall–Kier alpha value is -1.75. The standard InChI is InChI=1S/C17H27N3O2/c1-3-18-17(20-13-16-8-5-10-21-16)19-9-11-22-15-7-4-6-14(2)12-15/h4,6-7,12,16H,3,5,8-11,13H2,1-2H3,(H2,18,19,20). The average Bonchev–Trinajstić information content (AvgIpc) is 3.02. The minimum Gasteiger partial charge on any atom is -0.492 e. The summed E-state index contributed by atoms with van der Waals surface area (Å²) in [5.74, 6) is 1.73. The fourth-order valence-corrected chi connectivity index (χ4v) is 2.37. The lowest BCUT2D eigenvalue weighted by Crippen LogP contribution is -2.39. The van der Waals surface area contributed by atoms with Crippen LogP contribution in [0.1, 0.15) is 25.3 Å². The molecule has 1 atom stereocenters. The van der Waals surface area contributed by atoms with E-state index in [1.54, 1.807) is 0 Å². The molecule has 0 spiro atoms. The summed E-state index contributed by atoms with van der Waals surface area (Å²) in [4.78, 5) is 4.57. The summed E-state index contributed by atoms with van der Waals surface area (Å²) < 4.78 is 11.3. The third-order valence-corrected chi connectivity index (χ3v) is 3.47. The molecule has 1 saturated heterocycles. The van der Waals surface area contributed by atoms with E-state index in [-0.39, 0.29) is 6.10 Å². The number of hydrogen-bond acceptors (Lipinski definition) is 3. The van der Waals surface area contributed by atoms with Gasteiger partial charge in [-0.05, 0) is 44.4 Å². The highest BCUT2D eigenvalue weighted by Crippen LogP contribution is 2.12. The molecule has 1 aromatic rings. The first kappa shape index (κ1) is 16.6. The van der Waals surface area contributed by atoms with Crippen LogP contribution < -0.4 is 15.4 Å². The zero-order chi connectivity index (χ0) is 15.6. The largest absolute Gasteiger partial charge is 0.492 e. The molecule has 22 heavy (non-hydrogen) atoms. The van der Waals surface area contributed by atoms with Crippen LogP contribution in [0.4, 0.5) is 0 Å². The van der Waals surface area contributed by atoms with Crippen LogP contribution in [-0.2, 0) is 4.74 Å². The molecule has 1 heterocycles. The van der Waals surface area contributed by atoms with Crippen LogP contribution in [0, 0.1) is 6.92 Å². The van der Waals surface area contributed by atoms with E-state index < -0.39 is 0 Å². The Morgan fingerprint density at radius 3 is 3.05 bits per heavy atom. The first-order valence-electron chi connectivity index (χ1n) is 8.11. The SMILES string of the molecule is CCNC(=NCC1CCCO1)NCCOc1cccc(C)c1. The molecule has 5 heteroatoms. The Bertz CT molecular complexity index is 471. The van der Waals surface area contributed by atoms with Crippen molar-refractivity contribution in [1.82, 2.24) is 10.6 Å². The second-order valence-corrected chi connectivity index (χ2v) is 5.45. The second kappa shape index (κ2) is 9.30. The zero-order valence-corrected chi connectivity index (χ0v) is 13.6.